The normalized spacial score (nSPS) is 20.6. The van der Waals surface area contributed by atoms with Crippen LogP contribution in [-0.4, -0.2) is 55.7 Å². The number of hydrogen-bond donors (Lipinski definition) is 1. The van der Waals surface area contributed by atoms with Crippen LogP contribution in [0.5, 0.6) is 5.75 Å². The molecule has 2 aromatic heterocycles. The van der Waals surface area contributed by atoms with Crippen molar-refractivity contribution in [2.75, 3.05) is 13.1 Å². The average Bonchev–Trinajstić information content (AvgIpc) is 3.08. The fraction of sp³-hybridized carbons (Fsp3) is 0.526. The van der Waals surface area contributed by atoms with E-state index in [2.05, 4.69) is 9.97 Å². The Hall–Kier alpha value is -2.41. The van der Waals surface area contributed by atoms with E-state index in [-0.39, 0.29) is 12.0 Å². The quantitative estimate of drug-likeness (QED) is 0.852. The van der Waals surface area contributed by atoms with E-state index in [1.807, 2.05) is 34.7 Å². The van der Waals surface area contributed by atoms with Crippen molar-refractivity contribution in [2.45, 2.75) is 51.4 Å². The van der Waals surface area contributed by atoms with Crippen molar-refractivity contribution >= 4 is 5.91 Å². The predicted molar refractivity (Wildman–Crippen MR) is 96.7 cm³/mol. The second-order valence-corrected chi connectivity index (χ2v) is 6.67. The molecule has 26 heavy (non-hydrogen) atoms. The molecule has 1 aliphatic heterocycles. The zero-order chi connectivity index (χ0) is 18.4. The minimum absolute atomic E-state index is 0.135. The number of aliphatic hydroxyl groups excluding tert-OH is 1. The molecular weight excluding hydrogens is 332 g/mol. The first-order valence-corrected chi connectivity index (χ1v) is 9.13. The molecule has 0 radical (unpaired) electrons. The largest absolute Gasteiger partial charge is 0.486 e. The second-order valence-electron chi connectivity index (χ2n) is 6.67. The van der Waals surface area contributed by atoms with Gasteiger partial charge in [0.15, 0.2) is 0 Å². The Morgan fingerprint density at radius 3 is 2.96 bits per heavy atom. The van der Waals surface area contributed by atoms with E-state index in [1.165, 1.54) is 0 Å². The number of aliphatic hydroxyl groups is 1. The zero-order valence-electron chi connectivity index (χ0n) is 15.1. The van der Waals surface area contributed by atoms with Gasteiger partial charge in [-0.2, -0.15) is 0 Å². The highest BCUT2D eigenvalue weighted by Gasteiger charge is 2.28. The molecule has 140 valence electrons. The number of amides is 1. The van der Waals surface area contributed by atoms with Gasteiger partial charge in [0, 0.05) is 51.1 Å². The van der Waals surface area contributed by atoms with E-state index in [0.29, 0.717) is 38.1 Å². The van der Waals surface area contributed by atoms with Crippen LogP contribution in [0.3, 0.4) is 0 Å². The van der Waals surface area contributed by atoms with Gasteiger partial charge in [-0.25, -0.2) is 4.98 Å². The van der Waals surface area contributed by atoms with E-state index in [0.717, 1.165) is 18.7 Å². The molecule has 0 saturated carbocycles. The summed E-state index contributed by atoms with van der Waals surface area (Å²) in [6.07, 6.45) is 8.63. The van der Waals surface area contributed by atoms with Crippen LogP contribution in [0, 0.1) is 6.92 Å². The van der Waals surface area contributed by atoms with Gasteiger partial charge < -0.3 is 19.3 Å². The van der Waals surface area contributed by atoms with Crippen LogP contribution in [0.2, 0.25) is 0 Å². The van der Waals surface area contributed by atoms with Gasteiger partial charge in [0.05, 0.1) is 18.1 Å². The third-order valence-electron chi connectivity index (χ3n) is 4.76. The molecule has 1 amide bonds. The van der Waals surface area contributed by atoms with E-state index in [1.54, 1.807) is 18.7 Å². The molecule has 7 heteroatoms. The Kier molecular flexibility index (Phi) is 6.22. The van der Waals surface area contributed by atoms with Crippen LogP contribution < -0.4 is 4.74 Å². The number of nitrogens with zero attached hydrogens (tertiary/aromatic N) is 4. The highest BCUT2D eigenvalue weighted by atomic mass is 16.5. The van der Waals surface area contributed by atoms with Crippen molar-refractivity contribution < 1.29 is 14.6 Å². The van der Waals surface area contributed by atoms with Crippen molar-refractivity contribution in [3.63, 3.8) is 0 Å². The molecule has 7 nitrogen and oxygen atoms in total. The second kappa shape index (κ2) is 8.80. The third kappa shape index (κ3) is 4.82. The summed E-state index contributed by atoms with van der Waals surface area (Å²) in [7, 11) is 0. The molecule has 0 aromatic carbocycles. The molecule has 1 fully saturated rings. The smallest absolute Gasteiger partial charge is 0.222 e. The Bertz CT molecular complexity index is 705. The minimum atomic E-state index is -0.585. The number of aryl methyl sites for hydroxylation is 2. The number of carbonyl (C=O) groups excluding carboxylic acids is 1. The maximum atomic E-state index is 12.5. The van der Waals surface area contributed by atoms with Gasteiger partial charge in [0.1, 0.15) is 11.9 Å². The van der Waals surface area contributed by atoms with Crippen LogP contribution in [0.25, 0.3) is 0 Å². The summed E-state index contributed by atoms with van der Waals surface area (Å²) in [4.78, 5) is 22.5. The number of ether oxygens (including phenoxy) is 1. The number of rotatable bonds is 6. The number of likely N-dealkylation sites (tertiary alicyclic amines) is 1. The molecule has 0 bridgehead atoms. The maximum absolute atomic E-state index is 12.5. The first kappa shape index (κ1) is 18.4. The standard InChI is InChI=1S/C19H26N4O3/c1-15-17(4-2-8-21-15)26-18-7-12-23(11-6-16(18)24)19(25)5-3-10-22-13-9-20-14-22/h2,4,8-9,13-14,16,18,24H,3,5-7,10-12H2,1H3/t16-,18-/m0/s1. The minimum Gasteiger partial charge on any atom is -0.486 e. The molecular formula is C19H26N4O3. The molecule has 0 spiro atoms. The van der Waals surface area contributed by atoms with Gasteiger partial charge in [0.2, 0.25) is 5.91 Å². The van der Waals surface area contributed by atoms with Crippen molar-refractivity contribution in [1.82, 2.24) is 19.4 Å². The SMILES string of the molecule is Cc1ncccc1O[C@H]1CCN(C(=O)CCCn2ccnc2)CC[C@@H]1O. The van der Waals surface area contributed by atoms with Gasteiger partial charge in [-0.1, -0.05) is 0 Å². The summed E-state index contributed by atoms with van der Waals surface area (Å²) in [5.74, 6) is 0.826. The lowest BCUT2D eigenvalue weighted by molar-refractivity contribution is -0.131. The number of aromatic nitrogens is 3. The van der Waals surface area contributed by atoms with E-state index < -0.39 is 6.10 Å². The highest BCUT2D eigenvalue weighted by molar-refractivity contribution is 5.76. The summed E-state index contributed by atoms with van der Waals surface area (Å²) in [6.45, 7) is 3.84. The molecule has 0 unspecified atom stereocenters. The molecule has 1 saturated heterocycles. The zero-order valence-corrected chi connectivity index (χ0v) is 15.1. The lowest BCUT2D eigenvalue weighted by atomic mass is 10.1. The molecule has 3 heterocycles. The molecule has 1 N–H and O–H groups in total. The topological polar surface area (TPSA) is 80.5 Å². The van der Waals surface area contributed by atoms with Crippen LogP contribution in [-0.2, 0) is 11.3 Å². The highest BCUT2D eigenvalue weighted by Crippen LogP contribution is 2.22. The fourth-order valence-corrected chi connectivity index (χ4v) is 3.20. The number of hydrogen-bond acceptors (Lipinski definition) is 5. The van der Waals surface area contributed by atoms with Crippen molar-refractivity contribution in [1.29, 1.82) is 0 Å². The first-order valence-electron chi connectivity index (χ1n) is 9.13. The lowest BCUT2D eigenvalue weighted by Crippen LogP contribution is -2.32. The average molecular weight is 358 g/mol. The third-order valence-corrected chi connectivity index (χ3v) is 4.76. The summed E-state index contributed by atoms with van der Waals surface area (Å²) in [6, 6.07) is 3.68. The van der Waals surface area contributed by atoms with Gasteiger partial charge >= 0.3 is 0 Å². The van der Waals surface area contributed by atoms with Crippen LogP contribution in [0.15, 0.2) is 37.1 Å². The van der Waals surface area contributed by atoms with Crippen molar-refractivity contribution in [2.24, 2.45) is 0 Å². The molecule has 0 aliphatic carbocycles. The van der Waals surface area contributed by atoms with Crippen molar-refractivity contribution in [3.05, 3.63) is 42.7 Å². The van der Waals surface area contributed by atoms with Gasteiger partial charge in [-0.05, 0) is 31.9 Å². The molecule has 3 rings (SSSR count). The van der Waals surface area contributed by atoms with E-state index >= 15 is 0 Å². The molecule has 2 atom stereocenters. The number of carbonyl (C=O) groups is 1. The summed E-state index contributed by atoms with van der Waals surface area (Å²) in [5, 5.41) is 10.4. The molecule has 2 aromatic rings. The van der Waals surface area contributed by atoms with E-state index in [4.69, 9.17) is 4.74 Å². The van der Waals surface area contributed by atoms with Gasteiger partial charge in [-0.15, -0.1) is 0 Å². The molecule has 1 aliphatic rings. The van der Waals surface area contributed by atoms with Gasteiger partial charge in [0.25, 0.3) is 0 Å². The summed E-state index contributed by atoms with van der Waals surface area (Å²) < 4.78 is 7.95. The fourth-order valence-electron chi connectivity index (χ4n) is 3.20. The Morgan fingerprint density at radius 2 is 2.19 bits per heavy atom. The Labute approximate surface area is 153 Å². The maximum Gasteiger partial charge on any atom is 0.222 e. The van der Waals surface area contributed by atoms with Crippen molar-refractivity contribution in [3.8, 4) is 5.75 Å². The Morgan fingerprint density at radius 1 is 1.35 bits per heavy atom. The number of pyridine rings is 1. The number of imidazole rings is 1. The van der Waals surface area contributed by atoms with E-state index in [9.17, 15) is 9.90 Å². The van der Waals surface area contributed by atoms with Crippen LogP contribution in [0.1, 0.15) is 31.4 Å². The van der Waals surface area contributed by atoms with Crippen LogP contribution >= 0.6 is 0 Å². The monoisotopic (exact) mass is 358 g/mol. The van der Waals surface area contributed by atoms with Crippen LogP contribution in [0.4, 0.5) is 0 Å². The summed E-state index contributed by atoms with van der Waals surface area (Å²) >= 11 is 0. The van der Waals surface area contributed by atoms with Gasteiger partial charge in [-0.3, -0.25) is 9.78 Å². The lowest BCUT2D eigenvalue weighted by Gasteiger charge is -2.22. The Balaban J connectivity index is 1.49. The first-order chi connectivity index (χ1) is 12.6. The summed E-state index contributed by atoms with van der Waals surface area (Å²) in [5.41, 5.74) is 0.802. The predicted octanol–water partition coefficient (Wildman–Crippen LogP) is 1.80.